The van der Waals surface area contributed by atoms with Crippen LogP contribution in [0.15, 0.2) is 42.5 Å². The van der Waals surface area contributed by atoms with Crippen LogP contribution in [0.4, 0.5) is 5.69 Å². The van der Waals surface area contributed by atoms with Crippen LogP contribution < -0.4 is 20.1 Å². The maximum atomic E-state index is 12.2. The summed E-state index contributed by atoms with van der Waals surface area (Å²) < 4.78 is 10.8. The fraction of sp³-hybridized carbons (Fsp3) is 0.333. The van der Waals surface area contributed by atoms with Gasteiger partial charge in [-0.25, -0.2) is 0 Å². The van der Waals surface area contributed by atoms with Crippen LogP contribution in [-0.2, 0) is 9.59 Å². The molecular formula is C21H26ClN3O4. The molecule has 0 radical (unpaired) electrons. The molecule has 7 nitrogen and oxygen atoms in total. The van der Waals surface area contributed by atoms with E-state index in [1.165, 1.54) is 7.11 Å². The minimum absolute atomic E-state index is 0.0445. The number of halogens is 1. The number of nitrogens with one attached hydrogen (secondary N) is 2. The second-order valence-corrected chi connectivity index (χ2v) is 7.02. The highest BCUT2D eigenvalue weighted by Gasteiger charge is 2.13. The highest BCUT2D eigenvalue weighted by molar-refractivity contribution is 6.31. The van der Waals surface area contributed by atoms with Crippen molar-refractivity contribution in [1.29, 1.82) is 0 Å². The molecule has 0 spiro atoms. The van der Waals surface area contributed by atoms with Gasteiger partial charge < -0.3 is 20.1 Å². The molecule has 0 aliphatic rings. The Labute approximate surface area is 175 Å². The normalized spacial score (nSPS) is 10.5. The Morgan fingerprint density at radius 1 is 1.10 bits per heavy atom. The zero-order valence-electron chi connectivity index (χ0n) is 16.8. The van der Waals surface area contributed by atoms with Gasteiger partial charge in [0.15, 0.2) is 0 Å². The van der Waals surface area contributed by atoms with Crippen LogP contribution in [0.1, 0.15) is 5.56 Å². The largest absolute Gasteiger partial charge is 0.495 e. The minimum Gasteiger partial charge on any atom is -0.495 e. The van der Waals surface area contributed by atoms with Crippen molar-refractivity contribution in [3.63, 3.8) is 0 Å². The van der Waals surface area contributed by atoms with E-state index in [1.54, 1.807) is 30.1 Å². The summed E-state index contributed by atoms with van der Waals surface area (Å²) in [5.41, 5.74) is 1.60. The van der Waals surface area contributed by atoms with E-state index in [1.807, 2.05) is 31.2 Å². The van der Waals surface area contributed by atoms with Crippen LogP contribution >= 0.6 is 11.6 Å². The number of aryl methyl sites for hydroxylation is 1. The molecule has 0 aromatic heterocycles. The van der Waals surface area contributed by atoms with Crippen molar-refractivity contribution in [2.75, 3.05) is 45.7 Å². The van der Waals surface area contributed by atoms with Gasteiger partial charge in [-0.05, 0) is 49.9 Å². The number of hydrogen-bond acceptors (Lipinski definition) is 5. The van der Waals surface area contributed by atoms with E-state index in [9.17, 15) is 9.59 Å². The SMILES string of the molecule is COc1ccc(Cl)cc1NC(=O)CN(C)CC(=O)NCCOc1cccc(C)c1. The summed E-state index contributed by atoms with van der Waals surface area (Å²) in [5.74, 6) is 0.818. The summed E-state index contributed by atoms with van der Waals surface area (Å²) in [7, 11) is 3.20. The van der Waals surface area contributed by atoms with Crippen LogP contribution in [0.5, 0.6) is 11.5 Å². The fourth-order valence-corrected chi connectivity index (χ4v) is 2.81. The number of methoxy groups -OCH3 is 1. The molecule has 0 saturated heterocycles. The molecular weight excluding hydrogens is 394 g/mol. The molecule has 2 N–H and O–H groups in total. The van der Waals surface area contributed by atoms with Crippen molar-refractivity contribution in [3.05, 3.63) is 53.1 Å². The Hall–Kier alpha value is -2.77. The molecule has 0 fully saturated rings. The highest BCUT2D eigenvalue weighted by atomic mass is 35.5. The first kappa shape index (κ1) is 22.5. The van der Waals surface area contributed by atoms with Gasteiger partial charge in [-0.2, -0.15) is 0 Å². The molecule has 2 aromatic rings. The maximum Gasteiger partial charge on any atom is 0.238 e. The summed E-state index contributed by atoms with van der Waals surface area (Å²) in [5, 5.41) is 6.00. The van der Waals surface area contributed by atoms with E-state index in [-0.39, 0.29) is 24.9 Å². The fourth-order valence-electron chi connectivity index (χ4n) is 2.63. The zero-order valence-corrected chi connectivity index (χ0v) is 17.6. The monoisotopic (exact) mass is 419 g/mol. The lowest BCUT2D eigenvalue weighted by Crippen LogP contribution is -2.40. The van der Waals surface area contributed by atoms with Crippen LogP contribution in [0.2, 0.25) is 5.02 Å². The summed E-state index contributed by atoms with van der Waals surface area (Å²) in [6.45, 7) is 2.87. The summed E-state index contributed by atoms with van der Waals surface area (Å²) in [6, 6.07) is 12.7. The number of ether oxygens (including phenoxy) is 2. The quantitative estimate of drug-likeness (QED) is 0.579. The lowest BCUT2D eigenvalue weighted by Gasteiger charge is -2.17. The third kappa shape index (κ3) is 8.01. The van der Waals surface area contributed by atoms with Crippen LogP contribution in [-0.4, -0.2) is 57.1 Å². The molecule has 0 bridgehead atoms. The average molecular weight is 420 g/mol. The maximum absolute atomic E-state index is 12.2. The zero-order chi connectivity index (χ0) is 21.2. The van der Waals surface area contributed by atoms with Crippen molar-refractivity contribution in [1.82, 2.24) is 10.2 Å². The van der Waals surface area contributed by atoms with Crippen molar-refractivity contribution in [3.8, 4) is 11.5 Å². The number of carbonyl (C=O) groups is 2. The lowest BCUT2D eigenvalue weighted by atomic mass is 10.2. The number of anilines is 1. The second-order valence-electron chi connectivity index (χ2n) is 6.58. The van der Waals surface area contributed by atoms with Gasteiger partial charge in [0.25, 0.3) is 0 Å². The van der Waals surface area contributed by atoms with Gasteiger partial charge in [0.2, 0.25) is 11.8 Å². The molecule has 29 heavy (non-hydrogen) atoms. The molecule has 2 amide bonds. The molecule has 156 valence electrons. The van der Waals surface area contributed by atoms with E-state index in [4.69, 9.17) is 21.1 Å². The van der Waals surface area contributed by atoms with Gasteiger partial charge in [0.05, 0.1) is 32.4 Å². The number of carbonyl (C=O) groups excluding carboxylic acids is 2. The van der Waals surface area contributed by atoms with Gasteiger partial charge in [0.1, 0.15) is 18.1 Å². The van der Waals surface area contributed by atoms with E-state index >= 15 is 0 Å². The topological polar surface area (TPSA) is 79.9 Å². The van der Waals surface area contributed by atoms with Crippen molar-refractivity contribution in [2.24, 2.45) is 0 Å². The second kappa shape index (κ2) is 11.3. The van der Waals surface area contributed by atoms with Gasteiger partial charge >= 0.3 is 0 Å². The lowest BCUT2D eigenvalue weighted by molar-refractivity contribution is -0.123. The van der Waals surface area contributed by atoms with Crippen LogP contribution in [0.3, 0.4) is 0 Å². The highest BCUT2D eigenvalue weighted by Crippen LogP contribution is 2.27. The average Bonchev–Trinajstić information content (AvgIpc) is 2.65. The summed E-state index contributed by atoms with van der Waals surface area (Å²) in [6.07, 6.45) is 0. The predicted octanol–water partition coefficient (Wildman–Crippen LogP) is 2.72. The molecule has 0 aliphatic heterocycles. The number of nitrogens with zero attached hydrogens (tertiary/aromatic N) is 1. The van der Waals surface area contributed by atoms with Gasteiger partial charge in [-0.3, -0.25) is 14.5 Å². The molecule has 0 aliphatic carbocycles. The van der Waals surface area contributed by atoms with E-state index in [2.05, 4.69) is 10.6 Å². The Bertz CT molecular complexity index is 844. The molecule has 0 saturated carbocycles. The van der Waals surface area contributed by atoms with Gasteiger partial charge in [-0.1, -0.05) is 23.7 Å². The molecule has 2 rings (SSSR count). The Morgan fingerprint density at radius 3 is 2.59 bits per heavy atom. The smallest absolute Gasteiger partial charge is 0.238 e. The molecule has 2 aromatic carbocycles. The first-order valence-electron chi connectivity index (χ1n) is 9.15. The summed E-state index contributed by atoms with van der Waals surface area (Å²) in [4.78, 5) is 25.9. The number of amides is 2. The Morgan fingerprint density at radius 2 is 1.86 bits per heavy atom. The minimum atomic E-state index is -0.274. The van der Waals surface area contributed by atoms with Crippen molar-refractivity contribution >= 4 is 29.1 Å². The predicted molar refractivity (Wildman–Crippen MR) is 114 cm³/mol. The van der Waals surface area contributed by atoms with Gasteiger partial charge in [-0.15, -0.1) is 0 Å². The van der Waals surface area contributed by atoms with Gasteiger partial charge in [0, 0.05) is 5.02 Å². The van der Waals surface area contributed by atoms with Crippen LogP contribution in [0, 0.1) is 6.92 Å². The first-order chi connectivity index (χ1) is 13.9. The molecule has 8 heteroatoms. The Balaban J connectivity index is 1.70. The molecule has 0 atom stereocenters. The number of rotatable bonds is 10. The Kier molecular flexibility index (Phi) is 8.76. The number of benzene rings is 2. The van der Waals surface area contributed by atoms with E-state index in [0.717, 1.165) is 11.3 Å². The number of likely N-dealkylation sites (N-methyl/N-ethyl adjacent to an activating group) is 1. The van der Waals surface area contributed by atoms with Crippen molar-refractivity contribution in [2.45, 2.75) is 6.92 Å². The standard InChI is InChI=1S/C21H26ClN3O4/c1-15-5-4-6-17(11-15)29-10-9-23-20(26)13-25(2)14-21(27)24-18-12-16(22)7-8-19(18)28-3/h4-8,11-12H,9-10,13-14H2,1-3H3,(H,23,26)(H,24,27). The van der Waals surface area contributed by atoms with E-state index < -0.39 is 0 Å². The van der Waals surface area contributed by atoms with Crippen LogP contribution in [0.25, 0.3) is 0 Å². The van der Waals surface area contributed by atoms with E-state index in [0.29, 0.717) is 29.6 Å². The summed E-state index contributed by atoms with van der Waals surface area (Å²) >= 11 is 5.96. The molecule has 0 unspecified atom stereocenters. The molecule has 0 heterocycles. The third-order valence-electron chi connectivity index (χ3n) is 3.95. The van der Waals surface area contributed by atoms with Crippen molar-refractivity contribution < 1.29 is 19.1 Å². The number of hydrogen-bond donors (Lipinski definition) is 2. The first-order valence-corrected chi connectivity index (χ1v) is 9.53. The third-order valence-corrected chi connectivity index (χ3v) is 4.18.